The number of nitrogens with zero attached hydrogens (tertiary/aromatic N) is 2. The molecule has 0 spiro atoms. The predicted molar refractivity (Wildman–Crippen MR) is 39.7 cm³/mol. The van der Waals surface area contributed by atoms with Gasteiger partial charge in [0, 0.05) is 25.7 Å². The molecule has 0 bridgehead atoms. The molecule has 0 aliphatic carbocycles. The standard InChI is InChI=1S/C7H14N2O/c1-7-5-9(6-10)4-3-8(7)2/h6-7H,3-5H2,1-2H3/t7-/m1/s1. The number of carbonyl (C=O) groups excluding carboxylic acids is 1. The minimum absolute atomic E-state index is 0.513. The molecule has 58 valence electrons. The average molecular weight is 142 g/mol. The van der Waals surface area contributed by atoms with Crippen LogP contribution in [0.2, 0.25) is 0 Å². The molecule has 1 aliphatic rings. The van der Waals surface area contributed by atoms with E-state index in [1.807, 2.05) is 4.90 Å². The highest BCUT2D eigenvalue weighted by Crippen LogP contribution is 2.03. The molecule has 1 heterocycles. The van der Waals surface area contributed by atoms with Gasteiger partial charge in [-0.05, 0) is 14.0 Å². The van der Waals surface area contributed by atoms with Crippen molar-refractivity contribution in [1.82, 2.24) is 9.80 Å². The average Bonchev–Trinajstić information content (AvgIpc) is 1.95. The van der Waals surface area contributed by atoms with Gasteiger partial charge in [0.05, 0.1) is 0 Å². The van der Waals surface area contributed by atoms with Crippen LogP contribution < -0.4 is 0 Å². The molecule has 1 atom stereocenters. The molecular formula is C7H14N2O. The highest BCUT2D eigenvalue weighted by Gasteiger charge is 2.18. The maximum atomic E-state index is 10.3. The first-order valence-electron chi connectivity index (χ1n) is 3.63. The van der Waals surface area contributed by atoms with Gasteiger partial charge in [0.1, 0.15) is 0 Å². The highest BCUT2D eigenvalue weighted by atomic mass is 16.1. The third-order valence-electron chi connectivity index (χ3n) is 2.14. The van der Waals surface area contributed by atoms with E-state index >= 15 is 0 Å². The Labute approximate surface area is 61.6 Å². The van der Waals surface area contributed by atoms with Crippen molar-refractivity contribution in [3.8, 4) is 0 Å². The van der Waals surface area contributed by atoms with Crippen molar-refractivity contribution in [2.24, 2.45) is 0 Å². The fourth-order valence-corrected chi connectivity index (χ4v) is 1.17. The molecule has 0 radical (unpaired) electrons. The van der Waals surface area contributed by atoms with Gasteiger partial charge in [0.15, 0.2) is 0 Å². The van der Waals surface area contributed by atoms with Crippen LogP contribution in [0.4, 0.5) is 0 Å². The molecule has 1 saturated heterocycles. The van der Waals surface area contributed by atoms with Gasteiger partial charge in [0.2, 0.25) is 6.41 Å². The lowest BCUT2D eigenvalue weighted by Gasteiger charge is -2.35. The van der Waals surface area contributed by atoms with Gasteiger partial charge in [-0.3, -0.25) is 4.79 Å². The first-order chi connectivity index (χ1) is 4.74. The van der Waals surface area contributed by atoms with Crippen molar-refractivity contribution in [3.63, 3.8) is 0 Å². The topological polar surface area (TPSA) is 23.6 Å². The summed E-state index contributed by atoms with van der Waals surface area (Å²) in [6.07, 6.45) is 0.934. The van der Waals surface area contributed by atoms with Crippen molar-refractivity contribution in [2.45, 2.75) is 13.0 Å². The van der Waals surface area contributed by atoms with Crippen LogP contribution >= 0.6 is 0 Å². The fraction of sp³-hybridized carbons (Fsp3) is 0.857. The molecule has 0 N–H and O–H groups in total. The molecule has 0 aromatic rings. The van der Waals surface area contributed by atoms with E-state index in [9.17, 15) is 4.79 Å². The second kappa shape index (κ2) is 3.01. The van der Waals surface area contributed by atoms with E-state index in [-0.39, 0.29) is 0 Å². The van der Waals surface area contributed by atoms with Crippen LogP contribution in [0.1, 0.15) is 6.92 Å². The van der Waals surface area contributed by atoms with Crippen molar-refractivity contribution < 1.29 is 4.79 Å². The summed E-state index contributed by atoms with van der Waals surface area (Å²) >= 11 is 0. The molecule has 1 amide bonds. The molecule has 0 aromatic carbocycles. The Bertz CT molecular complexity index is 127. The summed E-state index contributed by atoms with van der Waals surface area (Å²) in [5.74, 6) is 0. The molecule has 0 aromatic heterocycles. The minimum atomic E-state index is 0.513. The summed E-state index contributed by atoms with van der Waals surface area (Å²) in [4.78, 5) is 14.4. The van der Waals surface area contributed by atoms with Gasteiger partial charge in [-0.15, -0.1) is 0 Å². The Morgan fingerprint density at radius 3 is 2.70 bits per heavy atom. The van der Waals surface area contributed by atoms with E-state index in [1.54, 1.807) is 0 Å². The van der Waals surface area contributed by atoms with Gasteiger partial charge >= 0.3 is 0 Å². The second-order valence-corrected chi connectivity index (χ2v) is 2.93. The zero-order chi connectivity index (χ0) is 7.56. The Morgan fingerprint density at radius 2 is 2.20 bits per heavy atom. The van der Waals surface area contributed by atoms with Crippen LogP contribution in [-0.4, -0.2) is 48.9 Å². The monoisotopic (exact) mass is 142 g/mol. The SMILES string of the molecule is C[C@@H]1CN(C=O)CCN1C. The van der Waals surface area contributed by atoms with Crippen LogP contribution in [0.15, 0.2) is 0 Å². The fourth-order valence-electron chi connectivity index (χ4n) is 1.17. The van der Waals surface area contributed by atoms with E-state index in [2.05, 4.69) is 18.9 Å². The number of carbonyl (C=O) groups is 1. The number of rotatable bonds is 1. The number of piperazine rings is 1. The Balaban J connectivity index is 2.40. The van der Waals surface area contributed by atoms with E-state index < -0.39 is 0 Å². The number of hydrogen-bond acceptors (Lipinski definition) is 2. The van der Waals surface area contributed by atoms with Crippen LogP contribution in [0, 0.1) is 0 Å². The third-order valence-corrected chi connectivity index (χ3v) is 2.14. The molecule has 0 unspecified atom stereocenters. The van der Waals surface area contributed by atoms with E-state index in [0.29, 0.717) is 6.04 Å². The zero-order valence-electron chi connectivity index (χ0n) is 6.58. The van der Waals surface area contributed by atoms with Crippen LogP contribution in [0.3, 0.4) is 0 Å². The van der Waals surface area contributed by atoms with E-state index in [4.69, 9.17) is 0 Å². The van der Waals surface area contributed by atoms with Crippen molar-refractivity contribution in [3.05, 3.63) is 0 Å². The summed E-state index contributed by atoms with van der Waals surface area (Å²) in [5.41, 5.74) is 0. The Hall–Kier alpha value is -0.570. The highest BCUT2D eigenvalue weighted by molar-refractivity contribution is 5.47. The van der Waals surface area contributed by atoms with Crippen molar-refractivity contribution in [1.29, 1.82) is 0 Å². The summed E-state index contributed by atoms with van der Waals surface area (Å²) in [7, 11) is 2.09. The molecule has 3 heteroatoms. The van der Waals surface area contributed by atoms with Crippen molar-refractivity contribution in [2.75, 3.05) is 26.7 Å². The first kappa shape index (κ1) is 7.54. The smallest absolute Gasteiger partial charge is 0.209 e. The molecule has 1 aliphatic heterocycles. The first-order valence-corrected chi connectivity index (χ1v) is 3.63. The quantitative estimate of drug-likeness (QED) is 0.472. The van der Waals surface area contributed by atoms with Gasteiger partial charge in [-0.1, -0.05) is 0 Å². The molecule has 1 fully saturated rings. The third kappa shape index (κ3) is 1.48. The van der Waals surface area contributed by atoms with Crippen LogP contribution in [-0.2, 0) is 4.79 Å². The van der Waals surface area contributed by atoms with Crippen molar-refractivity contribution >= 4 is 6.41 Å². The molecule has 1 rings (SSSR count). The number of likely N-dealkylation sites (N-methyl/N-ethyl adjacent to an activating group) is 1. The zero-order valence-corrected chi connectivity index (χ0v) is 6.58. The lowest BCUT2D eigenvalue weighted by molar-refractivity contribution is -0.120. The Kier molecular flexibility index (Phi) is 2.27. The largest absolute Gasteiger partial charge is 0.342 e. The van der Waals surface area contributed by atoms with Crippen LogP contribution in [0.5, 0.6) is 0 Å². The summed E-state index contributed by atoms with van der Waals surface area (Å²) in [5, 5.41) is 0. The van der Waals surface area contributed by atoms with Crippen LogP contribution in [0.25, 0.3) is 0 Å². The lowest BCUT2D eigenvalue weighted by atomic mass is 10.2. The Morgan fingerprint density at radius 1 is 1.50 bits per heavy atom. The van der Waals surface area contributed by atoms with E-state index in [0.717, 1.165) is 26.0 Å². The molecule has 10 heavy (non-hydrogen) atoms. The maximum absolute atomic E-state index is 10.3. The normalized spacial score (nSPS) is 28.6. The second-order valence-electron chi connectivity index (χ2n) is 2.93. The molecule has 3 nitrogen and oxygen atoms in total. The van der Waals surface area contributed by atoms with Gasteiger partial charge < -0.3 is 9.80 Å². The predicted octanol–water partition coefficient (Wildman–Crippen LogP) is -0.221. The van der Waals surface area contributed by atoms with Gasteiger partial charge in [-0.2, -0.15) is 0 Å². The van der Waals surface area contributed by atoms with Gasteiger partial charge in [-0.25, -0.2) is 0 Å². The maximum Gasteiger partial charge on any atom is 0.209 e. The summed E-state index contributed by atoms with van der Waals surface area (Å²) < 4.78 is 0. The van der Waals surface area contributed by atoms with Gasteiger partial charge in [0.25, 0.3) is 0 Å². The van der Waals surface area contributed by atoms with E-state index in [1.165, 1.54) is 0 Å². The molecule has 0 saturated carbocycles. The summed E-state index contributed by atoms with van der Waals surface area (Å²) in [6, 6.07) is 0.513. The summed E-state index contributed by atoms with van der Waals surface area (Å²) in [6.45, 7) is 4.89. The minimum Gasteiger partial charge on any atom is -0.342 e. The lowest BCUT2D eigenvalue weighted by Crippen LogP contribution is -2.49. The number of hydrogen-bond donors (Lipinski definition) is 0. The molecular weight excluding hydrogens is 128 g/mol. The number of amides is 1.